The predicted octanol–water partition coefficient (Wildman–Crippen LogP) is 4.03. The van der Waals surface area contributed by atoms with Crippen LogP contribution in [-0.2, 0) is 6.42 Å². The van der Waals surface area contributed by atoms with Crippen LogP contribution in [0.3, 0.4) is 0 Å². The first-order valence-corrected chi connectivity index (χ1v) is 10.4. The van der Waals surface area contributed by atoms with Gasteiger partial charge in [0.05, 0.1) is 16.6 Å². The molecular weight excluding hydrogens is 408 g/mol. The Kier molecular flexibility index (Phi) is 5.77. The van der Waals surface area contributed by atoms with Gasteiger partial charge in [-0.05, 0) is 73.6 Å². The van der Waals surface area contributed by atoms with Gasteiger partial charge in [-0.15, -0.1) is 0 Å². The number of aromatic nitrogens is 3. The number of benzene rings is 2. The van der Waals surface area contributed by atoms with Crippen LogP contribution in [0.15, 0.2) is 65.6 Å². The summed E-state index contributed by atoms with van der Waals surface area (Å²) in [5.41, 5.74) is 4.53. The lowest BCUT2D eigenvalue weighted by Crippen LogP contribution is -2.26. The van der Waals surface area contributed by atoms with Gasteiger partial charge in [-0.3, -0.25) is 19.1 Å². The molecule has 4 aromatic rings. The summed E-state index contributed by atoms with van der Waals surface area (Å²) < 4.78 is 1.80. The molecule has 1 amide bonds. The van der Waals surface area contributed by atoms with Crippen molar-refractivity contribution < 1.29 is 4.79 Å². The van der Waals surface area contributed by atoms with E-state index in [1.807, 2.05) is 50.2 Å². The van der Waals surface area contributed by atoms with Crippen molar-refractivity contribution in [3.63, 3.8) is 0 Å². The highest BCUT2D eigenvalue weighted by atomic mass is 32.1. The average Bonchev–Trinajstić information content (AvgIpc) is 2.77. The zero-order chi connectivity index (χ0) is 22.0. The van der Waals surface area contributed by atoms with Gasteiger partial charge in [0.1, 0.15) is 0 Å². The Hall–Kier alpha value is -3.58. The molecule has 0 spiro atoms. The lowest BCUT2D eigenvalue weighted by atomic mass is 10.1. The molecular formula is C24H22N4O2S. The van der Waals surface area contributed by atoms with E-state index in [0.717, 1.165) is 22.5 Å². The van der Waals surface area contributed by atoms with E-state index in [2.05, 4.69) is 15.3 Å². The van der Waals surface area contributed by atoms with E-state index in [9.17, 15) is 9.59 Å². The number of hydrogen-bond acceptors (Lipinski definition) is 4. The van der Waals surface area contributed by atoms with Crippen LogP contribution in [0.5, 0.6) is 0 Å². The van der Waals surface area contributed by atoms with E-state index in [4.69, 9.17) is 12.2 Å². The van der Waals surface area contributed by atoms with E-state index in [-0.39, 0.29) is 11.5 Å². The SMILES string of the molecule is Cc1cccc(-n2c(=S)[nH]c3cc(C(=O)NCCc4ccccn4)ccc3c2=O)c1C. The number of amides is 1. The number of carbonyl (C=O) groups is 1. The number of aromatic amines is 1. The smallest absolute Gasteiger partial charge is 0.266 e. The van der Waals surface area contributed by atoms with Crippen molar-refractivity contribution in [2.24, 2.45) is 0 Å². The largest absolute Gasteiger partial charge is 0.352 e. The molecule has 2 aromatic carbocycles. The van der Waals surface area contributed by atoms with Gasteiger partial charge < -0.3 is 10.3 Å². The van der Waals surface area contributed by atoms with Crippen LogP contribution >= 0.6 is 12.2 Å². The fourth-order valence-electron chi connectivity index (χ4n) is 3.51. The van der Waals surface area contributed by atoms with Crippen molar-refractivity contribution >= 4 is 29.0 Å². The molecule has 2 aromatic heterocycles. The molecule has 0 radical (unpaired) electrons. The van der Waals surface area contributed by atoms with Crippen LogP contribution in [0, 0.1) is 18.6 Å². The number of fused-ring (bicyclic) bond motifs is 1. The summed E-state index contributed by atoms with van der Waals surface area (Å²) >= 11 is 5.48. The summed E-state index contributed by atoms with van der Waals surface area (Å²) in [5.74, 6) is -0.212. The summed E-state index contributed by atoms with van der Waals surface area (Å²) in [6.45, 7) is 4.43. The number of carbonyl (C=O) groups excluding carboxylic acids is 1. The molecule has 31 heavy (non-hydrogen) atoms. The number of aryl methyl sites for hydroxylation is 1. The molecule has 0 aliphatic rings. The van der Waals surface area contributed by atoms with Crippen LogP contribution in [0.25, 0.3) is 16.6 Å². The molecule has 0 atom stereocenters. The third-order valence-corrected chi connectivity index (χ3v) is 5.65. The van der Waals surface area contributed by atoms with Gasteiger partial charge in [-0.2, -0.15) is 0 Å². The van der Waals surface area contributed by atoms with Gasteiger partial charge in [0.25, 0.3) is 11.5 Å². The maximum Gasteiger partial charge on any atom is 0.266 e. The highest BCUT2D eigenvalue weighted by Gasteiger charge is 2.13. The lowest BCUT2D eigenvalue weighted by molar-refractivity contribution is 0.0954. The van der Waals surface area contributed by atoms with Crippen LogP contribution in [-0.4, -0.2) is 27.0 Å². The van der Waals surface area contributed by atoms with Crippen LogP contribution < -0.4 is 10.9 Å². The highest BCUT2D eigenvalue weighted by Crippen LogP contribution is 2.18. The van der Waals surface area contributed by atoms with Gasteiger partial charge >= 0.3 is 0 Å². The summed E-state index contributed by atoms with van der Waals surface area (Å²) in [6.07, 6.45) is 2.37. The van der Waals surface area contributed by atoms with Crippen molar-refractivity contribution in [3.8, 4) is 5.69 Å². The predicted molar refractivity (Wildman–Crippen MR) is 124 cm³/mol. The Morgan fingerprint density at radius 1 is 1.13 bits per heavy atom. The Morgan fingerprint density at radius 3 is 2.74 bits per heavy atom. The van der Waals surface area contributed by atoms with E-state index in [1.165, 1.54) is 4.57 Å². The first-order valence-electron chi connectivity index (χ1n) is 9.99. The van der Waals surface area contributed by atoms with Crippen molar-refractivity contribution in [2.45, 2.75) is 20.3 Å². The van der Waals surface area contributed by atoms with E-state index < -0.39 is 0 Å². The maximum absolute atomic E-state index is 13.2. The summed E-state index contributed by atoms with van der Waals surface area (Å²) in [5, 5.41) is 3.36. The minimum Gasteiger partial charge on any atom is -0.352 e. The molecule has 0 fully saturated rings. The summed E-state index contributed by atoms with van der Waals surface area (Å²) in [4.78, 5) is 33.1. The Labute approximate surface area is 184 Å². The normalized spacial score (nSPS) is 10.9. The minimum atomic E-state index is -0.213. The second-order valence-corrected chi connectivity index (χ2v) is 7.76. The Morgan fingerprint density at radius 2 is 1.97 bits per heavy atom. The molecule has 0 unspecified atom stereocenters. The second kappa shape index (κ2) is 8.65. The van der Waals surface area contributed by atoms with Crippen LogP contribution in [0.2, 0.25) is 0 Å². The lowest BCUT2D eigenvalue weighted by Gasteiger charge is -2.13. The fourth-order valence-corrected chi connectivity index (χ4v) is 3.80. The Bertz CT molecular complexity index is 1390. The minimum absolute atomic E-state index is 0.212. The van der Waals surface area contributed by atoms with Crippen molar-refractivity contribution in [3.05, 3.63) is 98.3 Å². The quantitative estimate of drug-likeness (QED) is 0.469. The maximum atomic E-state index is 13.2. The van der Waals surface area contributed by atoms with E-state index >= 15 is 0 Å². The second-order valence-electron chi connectivity index (χ2n) is 7.38. The van der Waals surface area contributed by atoms with Gasteiger partial charge in [0, 0.05) is 30.4 Å². The molecule has 6 nitrogen and oxygen atoms in total. The van der Waals surface area contributed by atoms with Crippen LogP contribution in [0.4, 0.5) is 0 Å². The average molecular weight is 431 g/mol. The van der Waals surface area contributed by atoms with E-state index in [1.54, 1.807) is 24.4 Å². The molecule has 0 saturated carbocycles. The molecule has 4 rings (SSSR count). The zero-order valence-electron chi connectivity index (χ0n) is 17.3. The first kappa shape index (κ1) is 20.7. The highest BCUT2D eigenvalue weighted by molar-refractivity contribution is 7.71. The molecule has 2 heterocycles. The standard InChI is InChI=1S/C24H22N4O2S/c1-15-6-5-8-21(16(15)2)28-23(30)19-10-9-17(14-20(19)27-24(28)31)22(29)26-13-11-18-7-3-4-12-25-18/h3-10,12,14H,11,13H2,1-2H3,(H,26,29)(H,27,31). The Balaban J connectivity index is 1.63. The van der Waals surface area contributed by atoms with Gasteiger partial charge in [0.2, 0.25) is 0 Å². The number of nitrogens with zero attached hydrogens (tertiary/aromatic N) is 2. The number of hydrogen-bond donors (Lipinski definition) is 2. The third kappa shape index (κ3) is 4.18. The third-order valence-electron chi connectivity index (χ3n) is 5.37. The summed E-state index contributed by atoms with van der Waals surface area (Å²) in [7, 11) is 0. The van der Waals surface area contributed by atoms with Gasteiger partial charge in [-0.1, -0.05) is 18.2 Å². The number of H-pyrrole nitrogens is 1. The molecule has 0 bridgehead atoms. The molecule has 0 aliphatic carbocycles. The summed E-state index contributed by atoms with van der Waals surface area (Å²) in [6, 6.07) is 16.5. The van der Waals surface area contributed by atoms with Gasteiger partial charge in [0.15, 0.2) is 4.77 Å². The monoisotopic (exact) mass is 430 g/mol. The topological polar surface area (TPSA) is 79.8 Å². The molecule has 0 aliphatic heterocycles. The van der Waals surface area contributed by atoms with E-state index in [0.29, 0.717) is 34.2 Å². The fraction of sp³-hybridized carbons (Fsp3) is 0.167. The molecule has 7 heteroatoms. The number of pyridine rings is 1. The number of nitrogens with one attached hydrogen (secondary N) is 2. The number of rotatable bonds is 5. The van der Waals surface area contributed by atoms with Crippen molar-refractivity contribution in [1.82, 2.24) is 19.9 Å². The first-order chi connectivity index (χ1) is 15.0. The zero-order valence-corrected chi connectivity index (χ0v) is 18.1. The van der Waals surface area contributed by atoms with Crippen LogP contribution in [0.1, 0.15) is 27.2 Å². The molecule has 0 saturated heterocycles. The van der Waals surface area contributed by atoms with Crippen molar-refractivity contribution in [1.29, 1.82) is 0 Å². The molecule has 156 valence electrons. The van der Waals surface area contributed by atoms with Crippen molar-refractivity contribution in [2.75, 3.05) is 6.54 Å². The van der Waals surface area contributed by atoms with Gasteiger partial charge in [-0.25, -0.2) is 0 Å². The molecule has 2 N–H and O–H groups in total.